The Balaban J connectivity index is 1.86. The predicted molar refractivity (Wildman–Crippen MR) is 119 cm³/mol. The first-order chi connectivity index (χ1) is 14.2. The molecule has 0 aliphatic carbocycles. The van der Waals surface area contributed by atoms with E-state index in [2.05, 4.69) is 5.32 Å². The van der Waals surface area contributed by atoms with E-state index in [1.807, 2.05) is 26.0 Å². The molecule has 2 aromatic carbocycles. The molecule has 162 valence electrons. The molecular formula is C21H24Cl2N2O4S. The van der Waals surface area contributed by atoms with Gasteiger partial charge in [0, 0.05) is 23.8 Å². The maximum Gasteiger partial charge on any atom is 0.244 e. The van der Waals surface area contributed by atoms with Gasteiger partial charge in [-0.15, -0.1) is 0 Å². The molecule has 6 nitrogen and oxygen atoms in total. The van der Waals surface area contributed by atoms with Gasteiger partial charge in [-0.1, -0.05) is 49.2 Å². The Hall–Kier alpha value is -1.64. The first-order valence-corrected chi connectivity index (χ1v) is 11.8. The highest BCUT2D eigenvalue weighted by Crippen LogP contribution is 2.31. The molecule has 0 aromatic heterocycles. The SMILES string of the molecule is CC(C)C(C(=O)Nc1ccc(Cl)c(S(=O)(=O)N2CCOCC2)c1)c1ccc(Cl)cc1. The molecule has 1 atom stereocenters. The van der Waals surface area contributed by atoms with Crippen molar-refractivity contribution in [1.82, 2.24) is 4.31 Å². The average Bonchev–Trinajstić information content (AvgIpc) is 2.71. The number of nitrogens with one attached hydrogen (secondary N) is 1. The lowest BCUT2D eigenvalue weighted by Gasteiger charge is -2.26. The van der Waals surface area contributed by atoms with Crippen LogP contribution in [0, 0.1) is 5.92 Å². The average molecular weight is 471 g/mol. The number of carbonyl (C=O) groups is 1. The van der Waals surface area contributed by atoms with Crippen molar-refractivity contribution in [3.8, 4) is 0 Å². The van der Waals surface area contributed by atoms with E-state index in [1.165, 1.54) is 16.4 Å². The number of nitrogens with zero attached hydrogens (tertiary/aromatic N) is 1. The summed E-state index contributed by atoms with van der Waals surface area (Å²) in [6, 6.07) is 11.6. The molecule has 9 heteroatoms. The van der Waals surface area contributed by atoms with Crippen LogP contribution >= 0.6 is 23.2 Å². The van der Waals surface area contributed by atoms with Crippen LogP contribution in [0.25, 0.3) is 0 Å². The van der Waals surface area contributed by atoms with Gasteiger partial charge in [-0.2, -0.15) is 4.31 Å². The van der Waals surface area contributed by atoms with E-state index in [0.717, 1.165) is 5.56 Å². The van der Waals surface area contributed by atoms with Crippen molar-refractivity contribution in [2.24, 2.45) is 5.92 Å². The van der Waals surface area contributed by atoms with Crippen LogP contribution in [-0.2, 0) is 19.6 Å². The number of sulfonamides is 1. The molecule has 0 bridgehead atoms. The van der Waals surface area contributed by atoms with Gasteiger partial charge in [0.25, 0.3) is 0 Å². The number of carbonyl (C=O) groups excluding carboxylic acids is 1. The Morgan fingerprint density at radius 2 is 1.70 bits per heavy atom. The summed E-state index contributed by atoms with van der Waals surface area (Å²) < 4.78 is 32.6. The third kappa shape index (κ3) is 5.15. The summed E-state index contributed by atoms with van der Waals surface area (Å²) in [6.07, 6.45) is 0. The van der Waals surface area contributed by atoms with E-state index in [4.69, 9.17) is 27.9 Å². The van der Waals surface area contributed by atoms with Crippen LogP contribution in [0.1, 0.15) is 25.3 Å². The van der Waals surface area contributed by atoms with Crippen LogP contribution in [0.3, 0.4) is 0 Å². The molecule has 30 heavy (non-hydrogen) atoms. The second-order valence-electron chi connectivity index (χ2n) is 7.42. The molecule has 1 fully saturated rings. The van der Waals surface area contributed by atoms with Gasteiger partial charge >= 0.3 is 0 Å². The molecular weight excluding hydrogens is 447 g/mol. The molecule has 1 amide bonds. The summed E-state index contributed by atoms with van der Waals surface area (Å²) in [4.78, 5) is 13.0. The van der Waals surface area contributed by atoms with E-state index in [9.17, 15) is 13.2 Å². The van der Waals surface area contributed by atoms with Crippen LogP contribution in [0.15, 0.2) is 47.4 Å². The summed E-state index contributed by atoms with van der Waals surface area (Å²) in [5.74, 6) is -0.628. The van der Waals surface area contributed by atoms with Crippen LogP contribution in [0.5, 0.6) is 0 Å². The quantitative estimate of drug-likeness (QED) is 0.678. The molecule has 1 unspecified atom stereocenters. The van der Waals surface area contributed by atoms with Gasteiger partial charge in [0.2, 0.25) is 15.9 Å². The lowest BCUT2D eigenvalue weighted by molar-refractivity contribution is -0.118. The molecule has 0 saturated carbocycles. The van der Waals surface area contributed by atoms with Gasteiger partial charge in [-0.05, 0) is 41.8 Å². The number of amides is 1. The lowest BCUT2D eigenvalue weighted by Crippen LogP contribution is -2.40. The van der Waals surface area contributed by atoms with Crippen molar-refractivity contribution in [2.75, 3.05) is 31.6 Å². The van der Waals surface area contributed by atoms with Crippen molar-refractivity contribution in [3.05, 3.63) is 58.1 Å². The highest BCUT2D eigenvalue weighted by molar-refractivity contribution is 7.89. The van der Waals surface area contributed by atoms with Gasteiger partial charge in [0.15, 0.2) is 0 Å². The highest BCUT2D eigenvalue weighted by atomic mass is 35.5. The number of ether oxygens (including phenoxy) is 1. The summed E-state index contributed by atoms with van der Waals surface area (Å²) >= 11 is 12.2. The minimum Gasteiger partial charge on any atom is -0.379 e. The summed E-state index contributed by atoms with van der Waals surface area (Å²) in [5.41, 5.74) is 1.21. The molecule has 1 aliphatic heterocycles. The van der Waals surface area contributed by atoms with Crippen molar-refractivity contribution >= 4 is 44.8 Å². The van der Waals surface area contributed by atoms with Gasteiger partial charge in [0.1, 0.15) is 4.90 Å². The van der Waals surface area contributed by atoms with Crippen molar-refractivity contribution in [3.63, 3.8) is 0 Å². The fourth-order valence-corrected chi connectivity index (χ4v) is 5.47. The Kier molecular flexibility index (Phi) is 7.42. The predicted octanol–water partition coefficient (Wildman–Crippen LogP) is 4.39. The zero-order valence-electron chi connectivity index (χ0n) is 16.8. The molecule has 1 aliphatic rings. The topological polar surface area (TPSA) is 75.7 Å². The smallest absolute Gasteiger partial charge is 0.244 e. The number of halogens is 2. The number of morpholine rings is 1. The first kappa shape index (κ1) is 23.0. The van der Waals surface area contributed by atoms with Gasteiger partial charge < -0.3 is 10.1 Å². The maximum atomic E-state index is 13.0. The normalized spacial score (nSPS) is 16.4. The third-order valence-corrected chi connectivity index (χ3v) is 7.60. The number of anilines is 1. The van der Waals surface area contributed by atoms with Gasteiger partial charge in [0.05, 0.1) is 24.2 Å². The van der Waals surface area contributed by atoms with Crippen molar-refractivity contribution < 1.29 is 17.9 Å². The van der Waals surface area contributed by atoms with E-state index >= 15 is 0 Å². The fourth-order valence-electron chi connectivity index (χ4n) is 3.43. The third-order valence-electron chi connectivity index (χ3n) is 4.96. The maximum absolute atomic E-state index is 13.0. The summed E-state index contributed by atoms with van der Waals surface area (Å²) in [5, 5.41) is 3.54. The molecule has 3 rings (SSSR count). The number of hydrogen-bond donors (Lipinski definition) is 1. The molecule has 0 spiro atoms. The number of hydrogen-bond acceptors (Lipinski definition) is 4. The van der Waals surface area contributed by atoms with Gasteiger partial charge in [-0.3, -0.25) is 4.79 Å². The fraction of sp³-hybridized carbons (Fsp3) is 0.381. The van der Waals surface area contributed by atoms with Crippen LogP contribution in [0.4, 0.5) is 5.69 Å². The Labute approximate surface area is 187 Å². The van der Waals surface area contributed by atoms with Crippen LogP contribution in [0.2, 0.25) is 10.0 Å². The Morgan fingerprint density at radius 1 is 1.07 bits per heavy atom. The Morgan fingerprint density at radius 3 is 2.30 bits per heavy atom. The molecule has 2 aromatic rings. The van der Waals surface area contributed by atoms with E-state index in [0.29, 0.717) is 23.9 Å². The largest absolute Gasteiger partial charge is 0.379 e. The second kappa shape index (κ2) is 9.66. The number of benzene rings is 2. The molecule has 0 radical (unpaired) electrons. The number of rotatable bonds is 6. The first-order valence-electron chi connectivity index (χ1n) is 9.64. The summed E-state index contributed by atoms with van der Waals surface area (Å²) in [7, 11) is -3.79. The zero-order chi connectivity index (χ0) is 21.9. The molecule has 1 N–H and O–H groups in total. The standard InChI is InChI=1S/C21H24Cl2N2O4S/c1-14(2)20(15-3-5-16(22)6-4-15)21(26)24-17-7-8-18(23)19(13-17)30(27,28)25-9-11-29-12-10-25/h3-8,13-14,20H,9-12H2,1-2H3,(H,24,26). The van der Waals surface area contributed by atoms with Crippen LogP contribution < -0.4 is 5.32 Å². The molecule has 1 heterocycles. The second-order valence-corrected chi connectivity index (χ2v) is 10.2. The van der Waals surface area contributed by atoms with E-state index in [-0.39, 0.29) is 34.8 Å². The molecule has 1 saturated heterocycles. The zero-order valence-corrected chi connectivity index (χ0v) is 19.1. The summed E-state index contributed by atoms with van der Waals surface area (Å²) in [6.45, 7) is 5.11. The monoisotopic (exact) mass is 470 g/mol. The van der Waals surface area contributed by atoms with Crippen LogP contribution in [-0.4, -0.2) is 44.9 Å². The van der Waals surface area contributed by atoms with Gasteiger partial charge in [-0.25, -0.2) is 8.42 Å². The van der Waals surface area contributed by atoms with Crippen molar-refractivity contribution in [2.45, 2.75) is 24.7 Å². The lowest BCUT2D eigenvalue weighted by atomic mass is 9.87. The van der Waals surface area contributed by atoms with E-state index < -0.39 is 15.9 Å². The van der Waals surface area contributed by atoms with Crippen molar-refractivity contribution in [1.29, 1.82) is 0 Å². The minimum atomic E-state index is -3.79. The van der Waals surface area contributed by atoms with E-state index in [1.54, 1.807) is 18.2 Å². The highest BCUT2D eigenvalue weighted by Gasteiger charge is 2.29. The minimum absolute atomic E-state index is 0.0232. The Bertz CT molecular complexity index is 1000.